The molecular weight excluding hydrogens is 368 g/mol. The molecule has 1 aromatic heterocycles. The Morgan fingerprint density at radius 1 is 1.17 bits per heavy atom. The van der Waals surface area contributed by atoms with Gasteiger partial charge in [-0.25, -0.2) is 5.43 Å². The molecule has 0 aliphatic heterocycles. The summed E-state index contributed by atoms with van der Waals surface area (Å²) >= 11 is 3.39. The molecule has 0 aliphatic carbocycles. The van der Waals surface area contributed by atoms with Gasteiger partial charge < -0.3 is 4.42 Å². The maximum absolute atomic E-state index is 12.1. The highest BCUT2D eigenvalue weighted by Crippen LogP contribution is 2.23. The van der Waals surface area contributed by atoms with Gasteiger partial charge in [-0.05, 0) is 42.3 Å². The lowest BCUT2D eigenvalue weighted by Crippen LogP contribution is -2.16. The third kappa shape index (κ3) is 4.00. The summed E-state index contributed by atoms with van der Waals surface area (Å²) < 4.78 is 6.45. The van der Waals surface area contributed by atoms with Crippen LogP contribution in [0.25, 0.3) is 17.0 Å². The maximum Gasteiger partial charge on any atom is 0.307 e. The van der Waals surface area contributed by atoms with Crippen LogP contribution in [0.3, 0.4) is 0 Å². The average molecular weight is 383 g/mol. The standard InChI is InChI=1S/C19H15BrN2O2/c1-13(9-14-5-3-2-4-6-14)12-21-22-19(23)18-11-15-10-16(20)7-8-17(15)24-18/h2-12H,1H3,(H,22,23)/b13-9+,21-12+. The van der Waals surface area contributed by atoms with Crippen LogP contribution in [0.2, 0.25) is 0 Å². The topological polar surface area (TPSA) is 54.6 Å². The number of nitrogens with zero attached hydrogens (tertiary/aromatic N) is 1. The number of carbonyl (C=O) groups is 1. The highest BCUT2D eigenvalue weighted by atomic mass is 79.9. The van der Waals surface area contributed by atoms with Crippen LogP contribution in [0.4, 0.5) is 0 Å². The lowest BCUT2D eigenvalue weighted by atomic mass is 10.1. The molecule has 0 spiro atoms. The van der Waals surface area contributed by atoms with Crippen molar-refractivity contribution in [1.29, 1.82) is 0 Å². The number of amides is 1. The first kappa shape index (κ1) is 16.2. The van der Waals surface area contributed by atoms with Gasteiger partial charge in [0.2, 0.25) is 0 Å². The zero-order valence-corrected chi connectivity index (χ0v) is 14.6. The molecule has 0 fully saturated rings. The summed E-state index contributed by atoms with van der Waals surface area (Å²) in [5.41, 5.74) is 5.14. The summed E-state index contributed by atoms with van der Waals surface area (Å²) in [6, 6.07) is 17.2. The van der Waals surface area contributed by atoms with Crippen LogP contribution in [0.1, 0.15) is 23.0 Å². The van der Waals surface area contributed by atoms with Gasteiger partial charge in [0.15, 0.2) is 5.76 Å². The molecule has 0 atom stereocenters. The molecule has 0 saturated heterocycles. The van der Waals surface area contributed by atoms with Crippen molar-refractivity contribution >= 4 is 45.1 Å². The monoisotopic (exact) mass is 382 g/mol. The van der Waals surface area contributed by atoms with E-state index in [1.54, 1.807) is 12.3 Å². The van der Waals surface area contributed by atoms with Crippen molar-refractivity contribution in [3.63, 3.8) is 0 Å². The van der Waals surface area contributed by atoms with Gasteiger partial charge in [-0.15, -0.1) is 0 Å². The first-order valence-corrected chi connectivity index (χ1v) is 8.17. The number of hydrogen-bond acceptors (Lipinski definition) is 3. The lowest BCUT2D eigenvalue weighted by molar-refractivity contribution is 0.0929. The molecular formula is C19H15BrN2O2. The number of halogens is 1. The zero-order valence-electron chi connectivity index (χ0n) is 13.0. The molecule has 0 bridgehead atoms. The third-order valence-corrected chi connectivity index (χ3v) is 3.82. The highest BCUT2D eigenvalue weighted by molar-refractivity contribution is 9.10. The quantitative estimate of drug-likeness (QED) is 0.508. The number of fused-ring (bicyclic) bond motifs is 1. The fourth-order valence-corrected chi connectivity index (χ4v) is 2.60. The maximum atomic E-state index is 12.1. The van der Waals surface area contributed by atoms with Crippen LogP contribution >= 0.6 is 15.9 Å². The van der Waals surface area contributed by atoms with Crippen molar-refractivity contribution in [2.75, 3.05) is 0 Å². The molecule has 0 saturated carbocycles. The largest absolute Gasteiger partial charge is 0.451 e. The van der Waals surface area contributed by atoms with Crippen LogP contribution < -0.4 is 5.43 Å². The highest BCUT2D eigenvalue weighted by Gasteiger charge is 2.11. The normalized spacial score (nSPS) is 12.0. The van der Waals surface area contributed by atoms with E-state index in [2.05, 4.69) is 26.5 Å². The molecule has 0 unspecified atom stereocenters. The Bertz CT molecular complexity index is 927. The van der Waals surface area contributed by atoms with E-state index < -0.39 is 0 Å². The Labute approximate surface area is 148 Å². The molecule has 3 aromatic rings. The SMILES string of the molecule is CC(/C=N/NC(=O)c1cc2cc(Br)ccc2o1)=C\c1ccccc1. The minimum absolute atomic E-state index is 0.227. The second-order valence-electron chi connectivity index (χ2n) is 5.29. The minimum Gasteiger partial charge on any atom is -0.451 e. The molecule has 24 heavy (non-hydrogen) atoms. The van der Waals surface area contributed by atoms with Gasteiger partial charge in [-0.3, -0.25) is 4.79 Å². The van der Waals surface area contributed by atoms with Gasteiger partial charge in [-0.2, -0.15) is 5.10 Å². The molecule has 1 heterocycles. The zero-order chi connectivity index (χ0) is 16.9. The van der Waals surface area contributed by atoms with Crippen LogP contribution in [0.15, 0.2) is 74.2 Å². The predicted molar refractivity (Wildman–Crippen MR) is 100.0 cm³/mol. The van der Waals surface area contributed by atoms with Gasteiger partial charge in [0, 0.05) is 9.86 Å². The summed E-state index contributed by atoms with van der Waals surface area (Å²) in [5, 5.41) is 4.83. The molecule has 5 heteroatoms. The third-order valence-electron chi connectivity index (χ3n) is 3.33. The molecule has 1 amide bonds. The van der Waals surface area contributed by atoms with E-state index in [1.807, 2.05) is 61.5 Å². The summed E-state index contributed by atoms with van der Waals surface area (Å²) in [6.45, 7) is 1.92. The fraction of sp³-hybridized carbons (Fsp3) is 0.0526. The molecule has 0 aliphatic rings. The smallest absolute Gasteiger partial charge is 0.307 e. The molecule has 3 rings (SSSR count). The number of hydrogen-bond donors (Lipinski definition) is 1. The first-order chi connectivity index (χ1) is 11.6. The average Bonchev–Trinajstić information content (AvgIpc) is 2.99. The van der Waals surface area contributed by atoms with E-state index in [0.717, 1.165) is 21.0 Å². The molecule has 4 nitrogen and oxygen atoms in total. The number of benzene rings is 2. The van der Waals surface area contributed by atoms with Gasteiger partial charge >= 0.3 is 5.91 Å². The van der Waals surface area contributed by atoms with E-state index in [9.17, 15) is 4.79 Å². The fourth-order valence-electron chi connectivity index (χ4n) is 2.22. The van der Waals surface area contributed by atoms with E-state index in [1.165, 1.54) is 0 Å². The minimum atomic E-state index is -0.383. The number of rotatable bonds is 4. The number of furan rings is 1. The van der Waals surface area contributed by atoms with Crippen LogP contribution in [0.5, 0.6) is 0 Å². The van der Waals surface area contributed by atoms with Crippen molar-refractivity contribution in [1.82, 2.24) is 5.43 Å². The van der Waals surface area contributed by atoms with Crippen LogP contribution in [0, 0.1) is 0 Å². The molecule has 1 N–H and O–H groups in total. The van der Waals surface area contributed by atoms with Crippen molar-refractivity contribution in [2.45, 2.75) is 6.92 Å². The van der Waals surface area contributed by atoms with E-state index >= 15 is 0 Å². The predicted octanol–water partition coefficient (Wildman–Crippen LogP) is 5.01. The van der Waals surface area contributed by atoms with Crippen molar-refractivity contribution < 1.29 is 9.21 Å². The first-order valence-electron chi connectivity index (χ1n) is 7.38. The summed E-state index contributed by atoms with van der Waals surface area (Å²) in [4.78, 5) is 12.1. The second kappa shape index (κ2) is 7.27. The Morgan fingerprint density at radius 3 is 2.75 bits per heavy atom. The van der Waals surface area contributed by atoms with Crippen LogP contribution in [-0.4, -0.2) is 12.1 Å². The van der Waals surface area contributed by atoms with E-state index in [-0.39, 0.29) is 11.7 Å². The molecule has 2 aromatic carbocycles. The number of nitrogens with one attached hydrogen (secondary N) is 1. The van der Waals surface area contributed by atoms with Crippen molar-refractivity contribution in [2.24, 2.45) is 5.10 Å². The Morgan fingerprint density at radius 2 is 1.96 bits per heavy atom. The van der Waals surface area contributed by atoms with Crippen LogP contribution in [-0.2, 0) is 0 Å². The Hall–Kier alpha value is -2.66. The summed E-state index contributed by atoms with van der Waals surface area (Å²) in [6.07, 6.45) is 3.58. The van der Waals surface area contributed by atoms with Gasteiger partial charge in [0.1, 0.15) is 5.58 Å². The van der Waals surface area contributed by atoms with Crippen molar-refractivity contribution in [3.05, 3.63) is 76.0 Å². The van der Waals surface area contributed by atoms with Crippen molar-refractivity contribution in [3.8, 4) is 0 Å². The second-order valence-corrected chi connectivity index (χ2v) is 6.21. The lowest BCUT2D eigenvalue weighted by Gasteiger charge is -1.96. The van der Waals surface area contributed by atoms with E-state index in [0.29, 0.717) is 5.58 Å². The van der Waals surface area contributed by atoms with Gasteiger partial charge in [-0.1, -0.05) is 52.3 Å². The summed E-state index contributed by atoms with van der Waals surface area (Å²) in [7, 11) is 0. The molecule has 120 valence electrons. The van der Waals surface area contributed by atoms with Gasteiger partial charge in [0.25, 0.3) is 0 Å². The number of allylic oxidation sites excluding steroid dienone is 1. The van der Waals surface area contributed by atoms with E-state index in [4.69, 9.17) is 4.42 Å². The molecule has 0 radical (unpaired) electrons. The number of hydrazone groups is 1. The van der Waals surface area contributed by atoms with Gasteiger partial charge in [0.05, 0.1) is 6.21 Å². The number of carbonyl (C=O) groups excluding carboxylic acids is 1. The Kier molecular flexibility index (Phi) is 4.91. The summed E-state index contributed by atoms with van der Waals surface area (Å²) in [5.74, 6) is -0.156. The Balaban J connectivity index is 1.66.